The summed E-state index contributed by atoms with van der Waals surface area (Å²) in [6.45, 7) is 0. The summed E-state index contributed by atoms with van der Waals surface area (Å²) >= 11 is 2.12. The zero-order valence-corrected chi connectivity index (χ0v) is 9.79. The second-order valence-electron chi connectivity index (χ2n) is 2.20. The van der Waals surface area contributed by atoms with Crippen molar-refractivity contribution in [3.05, 3.63) is 27.8 Å². The molecule has 0 fully saturated rings. The molecular formula is C7H8INO3S. The van der Waals surface area contributed by atoms with Crippen LogP contribution in [-0.2, 0) is 10.3 Å². The largest absolute Gasteiger partial charge is 0.382 e. The fraction of sp³-hybridized carbons (Fsp3) is 0.143. The maximum Gasteiger partial charge on any atom is 0.382 e. The molecule has 0 atom stereocenters. The maximum absolute atomic E-state index is 10.9. The topological polar surface area (TPSA) is 55.4 Å². The molecule has 0 heterocycles. The molecule has 0 radical (unpaired) electrons. The molecule has 0 saturated heterocycles. The van der Waals surface area contributed by atoms with Crippen molar-refractivity contribution in [3.63, 3.8) is 0 Å². The molecule has 0 aliphatic heterocycles. The molecule has 0 aliphatic carbocycles. The van der Waals surface area contributed by atoms with Gasteiger partial charge in [-0.1, -0.05) is 0 Å². The quantitative estimate of drug-likeness (QED) is 0.851. The Morgan fingerprint density at radius 3 is 2.31 bits per heavy atom. The van der Waals surface area contributed by atoms with E-state index in [0.29, 0.717) is 5.75 Å². The van der Waals surface area contributed by atoms with Crippen molar-refractivity contribution in [2.75, 3.05) is 7.05 Å². The van der Waals surface area contributed by atoms with E-state index in [1.165, 1.54) is 7.05 Å². The van der Waals surface area contributed by atoms with Crippen LogP contribution in [0.1, 0.15) is 0 Å². The standard InChI is InChI=1S/C7H8INO3S/c1-9-13(10,11)12-7-4-2-6(8)3-5-7/h2-5,9H,1H3. The highest BCUT2D eigenvalue weighted by Gasteiger charge is 2.07. The Balaban J connectivity index is 2.82. The number of benzene rings is 1. The molecule has 0 bridgehead atoms. The number of nitrogens with one attached hydrogen (secondary N) is 1. The second-order valence-corrected chi connectivity index (χ2v) is 4.92. The first-order chi connectivity index (χ1) is 6.03. The van der Waals surface area contributed by atoms with Gasteiger partial charge in [0.05, 0.1) is 0 Å². The van der Waals surface area contributed by atoms with Gasteiger partial charge >= 0.3 is 10.3 Å². The van der Waals surface area contributed by atoms with E-state index < -0.39 is 10.3 Å². The minimum atomic E-state index is -3.64. The van der Waals surface area contributed by atoms with Gasteiger partial charge in [-0.2, -0.15) is 13.1 Å². The van der Waals surface area contributed by atoms with Gasteiger partial charge in [-0.15, -0.1) is 0 Å². The van der Waals surface area contributed by atoms with Crippen molar-refractivity contribution in [2.24, 2.45) is 0 Å². The minimum Gasteiger partial charge on any atom is -0.371 e. The van der Waals surface area contributed by atoms with Crippen LogP contribution in [0.25, 0.3) is 0 Å². The molecule has 4 nitrogen and oxygen atoms in total. The van der Waals surface area contributed by atoms with Crippen LogP contribution in [0.5, 0.6) is 5.75 Å². The maximum atomic E-state index is 10.9. The molecule has 1 aromatic rings. The molecule has 13 heavy (non-hydrogen) atoms. The zero-order chi connectivity index (χ0) is 9.90. The SMILES string of the molecule is CNS(=O)(=O)Oc1ccc(I)cc1. The van der Waals surface area contributed by atoms with Crippen LogP contribution in [0, 0.1) is 3.57 Å². The zero-order valence-electron chi connectivity index (χ0n) is 6.82. The highest BCUT2D eigenvalue weighted by atomic mass is 127. The molecule has 1 rings (SSSR count). The molecule has 0 spiro atoms. The van der Waals surface area contributed by atoms with Crippen molar-refractivity contribution in [1.29, 1.82) is 0 Å². The lowest BCUT2D eigenvalue weighted by molar-refractivity contribution is 0.477. The Morgan fingerprint density at radius 2 is 1.85 bits per heavy atom. The summed E-state index contributed by atoms with van der Waals surface area (Å²) in [5.41, 5.74) is 0. The highest BCUT2D eigenvalue weighted by Crippen LogP contribution is 2.14. The first-order valence-electron chi connectivity index (χ1n) is 3.42. The number of hydrogen-bond acceptors (Lipinski definition) is 3. The summed E-state index contributed by atoms with van der Waals surface area (Å²) in [6, 6.07) is 6.72. The van der Waals surface area contributed by atoms with Crippen molar-refractivity contribution >= 4 is 32.9 Å². The molecule has 0 amide bonds. The van der Waals surface area contributed by atoms with Crippen LogP contribution in [0.4, 0.5) is 0 Å². The van der Waals surface area contributed by atoms with Gasteiger partial charge in [-0.25, -0.2) is 0 Å². The van der Waals surface area contributed by atoms with E-state index in [0.717, 1.165) is 3.57 Å². The van der Waals surface area contributed by atoms with Crippen molar-refractivity contribution in [1.82, 2.24) is 4.72 Å². The van der Waals surface area contributed by atoms with Gasteiger partial charge in [0.2, 0.25) is 0 Å². The average molecular weight is 313 g/mol. The van der Waals surface area contributed by atoms with Gasteiger partial charge in [-0.05, 0) is 46.9 Å². The van der Waals surface area contributed by atoms with Crippen LogP contribution >= 0.6 is 22.6 Å². The Kier molecular flexibility index (Phi) is 3.51. The molecule has 0 saturated carbocycles. The van der Waals surface area contributed by atoms with E-state index in [-0.39, 0.29) is 0 Å². The Labute approximate surface area is 90.7 Å². The minimum absolute atomic E-state index is 0.301. The molecular weight excluding hydrogens is 305 g/mol. The fourth-order valence-corrected chi connectivity index (χ4v) is 1.47. The third-order valence-corrected chi connectivity index (χ3v) is 2.90. The van der Waals surface area contributed by atoms with Crippen LogP contribution < -0.4 is 8.91 Å². The fourth-order valence-electron chi connectivity index (χ4n) is 0.658. The van der Waals surface area contributed by atoms with Gasteiger partial charge in [0.15, 0.2) is 0 Å². The summed E-state index contributed by atoms with van der Waals surface area (Å²) in [7, 11) is -2.34. The van der Waals surface area contributed by atoms with E-state index in [1.807, 2.05) is 0 Å². The van der Waals surface area contributed by atoms with Crippen LogP contribution in [0.15, 0.2) is 24.3 Å². The van der Waals surface area contributed by atoms with E-state index >= 15 is 0 Å². The van der Waals surface area contributed by atoms with Gasteiger partial charge in [0, 0.05) is 10.6 Å². The normalized spacial score (nSPS) is 11.2. The third kappa shape index (κ3) is 3.49. The van der Waals surface area contributed by atoms with Crippen molar-refractivity contribution in [3.8, 4) is 5.75 Å². The lowest BCUT2D eigenvalue weighted by Gasteiger charge is -2.04. The molecule has 1 aromatic carbocycles. The average Bonchev–Trinajstić information content (AvgIpc) is 2.09. The third-order valence-electron chi connectivity index (χ3n) is 1.27. The lowest BCUT2D eigenvalue weighted by Crippen LogP contribution is -2.24. The molecule has 0 unspecified atom stereocenters. The predicted octanol–water partition coefficient (Wildman–Crippen LogP) is 1.13. The smallest absolute Gasteiger partial charge is 0.371 e. The van der Waals surface area contributed by atoms with Gasteiger partial charge in [-0.3, -0.25) is 0 Å². The highest BCUT2D eigenvalue weighted by molar-refractivity contribution is 14.1. The molecule has 72 valence electrons. The second kappa shape index (κ2) is 4.25. The Bertz CT molecular complexity index is 373. The predicted molar refractivity (Wildman–Crippen MR) is 57.8 cm³/mol. The first kappa shape index (κ1) is 10.7. The number of halogens is 1. The summed E-state index contributed by atoms with van der Waals surface area (Å²) in [5, 5.41) is 0. The van der Waals surface area contributed by atoms with Crippen LogP contribution in [0.2, 0.25) is 0 Å². The van der Waals surface area contributed by atoms with E-state index in [1.54, 1.807) is 24.3 Å². The molecule has 0 aromatic heterocycles. The molecule has 0 aliphatic rings. The van der Waals surface area contributed by atoms with Crippen LogP contribution in [-0.4, -0.2) is 15.5 Å². The summed E-state index contributed by atoms with van der Waals surface area (Å²) < 4.78 is 29.6. The lowest BCUT2D eigenvalue weighted by atomic mass is 10.3. The van der Waals surface area contributed by atoms with E-state index in [2.05, 4.69) is 31.5 Å². The monoisotopic (exact) mass is 313 g/mol. The van der Waals surface area contributed by atoms with Gasteiger partial charge in [0.1, 0.15) is 5.75 Å². The van der Waals surface area contributed by atoms with E-state index in [9.17, 15) is 8.42 Å². The summed E-state index contributed by atoms with van der Waals surface area (Å²) in [6.07, 6.45) is 0. The number of rotatable bonds is 3. The van der Waals surface area contributed by atoms with Crippen molar-refractivity contribution in [2.45, 2.75) is 0 Å². The Hall–Kier alpha value is -0.340. The van der Waals surface area contributed by atoms with Gasteiger partial charge in [0.25, 0.3) is 0 Å². The summed E-state index contributed by atoms with van der Waals surface area (Å²) in [4.78, 5) is 0. The van der Waals surface area contributed by atoms with Crippen LogP contribution in [0.3, 0.4) is 0 Å². The Morgan fingerprint density at radius 1 is 1.31 bits per heavy atom. The molecule has 1 N–H and O–H groups in total. The molecule has 6 heteroatoms. The first-order valence-corrected chi connectivity index (χ1v) is 5.91. The summed E-state index contributed by atoms with van der Waals surface area (Å²) in [5.74, 6) is 0.301. The van der Waals surface area contributed by atoms with Crippen molar-refractivity contribution < 1.29 is 12.6 Å². The van der Waals surface area contributed by atoms with Gasteiger partial charge < -0.3 is 4.18 Å². The number of hydrogen-bond donors (Lipinski definition) is 1. The van der Waals surface area contributed by atoms with E-state index in [4.69, 9.17) is 0 Å².